The molecule has 1 aromatic heterocycles. The lowest BCUT2D eigenvalue weighted by molar-refractivity contribution is -0.143. The van der Waals surface area contributed by atoms with Crippen LogP contribution in [0.1, 0.15) is 38.2 Å². The van der Waals surface area contributed by atoms with Gasteiger partial charge in [-0.1, -0.05) is 19.4 Å². The number of carbonyl (C=O) groups is 2. The molecule has 126 valence electrons. The Hall–Kier alpha value is -1.62. The summed E-state index contributed by atoms with van der Waals surface area (Å²) >= 11 is 1.66. The van der Waals surface area contributed by atoms with E-state index in [1.165, 1.54) is 5.56 Å². The summed E-state index contributed by atoms with van der Waals surface area (Å²) in [5.41, 5.74) is 1.19. The molecule has 2 rings (SSSR count). The SMILES string of the molecule is C=CCN1C[C@H](C(=O)N(CCCC)Cc2ccsc2)CCC1=O. The molecule has 0 N–H and O–H groups in total. The number of unbranched alkanes of at least 4 members (excludes halogenated alkanes) is 1. The molecule has 1 aliphatic rings. The first-order valence-corrected chi connectivity index (χ1v) is 9.28. The topological polar surface area (TPSA) is 40.6 Å². The molecule has 0 bridgehead atoms. The van der Waals surface area contributed by atoms with Gasteiger partial charge in [-0.2, -0.15) is 11.3 Å². The molecule has 1 saturated heterocycles. The van der Waals surface area contributed by atoms with Gasteiger partial charge in [-0.25, -0.2) is 0 Å². The summed E-state index contributed by atoms with van der Waals surface area (Å²) in [6.45, 7) is 8.35. The van der Waals surface area contributed by atoms with Crippen LogP contribution in [-0.2, 0) is 16.1 Å². The van der Waals surface area contributed by atoms with E-state index in [1.54, 1.807) is 22.3 Å². The summed E-state index contributed by atoms with van der Waals surface area (Å²) in [6.07, 6.45) is 4.93. The predicted octanol–water partition coefficient (Wildman–Crippen LogP) is 3.30. The Morgan fingerprint density at radius 1 is 1.57 bits per heavy atom. The maximum atomic E-state index is 13.0. The summed E-state index contributed by atoms with van der Waals surface area (Å²) < 4.78 is 0. The number of rotatable bonds is 8. The van der Waals surface area contributed by atoms with E-state index in [0.29, 0.717) is 32.5 Å². The number of piperidine rings is 1. The van der Waals surface area contributed by atoms with Gasteiger partial charge in [0.2, 0.25) is 11.8 Å². The summed E-state index contributed by atoms with van der Waals surface area (Å²) in [5.74, 6) is 0.237. The third-order valence-electron chi connectivity index (χ3n) is 4.25. The van der Waals surface area contributed by atoms with E-state index >= 15 is 0 Å². The third-order valence-corrected chi connectivity index (χ3v) is 4.98. The highest BCUT2D eigenvalue weighted by Crippen LogP contribution is 2.21. The van der Waals surface area contributed by atoms with Crippen LogP contribution in [0.5, 0.6) is 0 Å². The second-order valence-electron chi connectivity index (χ2n) is 6.07. The first-order chi connectivity index (χ1) is 11.2. The minimum absolute atomic E-state index is 0.0804. The molecule has 4 nitrogen and oxygen atoms in total. The van der Waals surface area contributed by atoms with Crippen LogP contribution in [0.4, 0.5) is 0 Å². The molecule has 23 heavy (non-hydrogen) atoms. The van der Waals surface area contributed by atoms with E-state index < -0.39 is 0 Å². The van der Waals surface area contributed by atoms with Crippen molar-refractivity contribution in [1.29, 1.82) is 0 Å². The molecule has 0 unspecified atom stereocenters. The van der Waals surface area contributed by atoms with Crippen molar-refractivity contribution in [2.75, 3.05) is 19.6 Å². The molecule has 1 aliphatic heterocycles. The van der Waals surface area contributed by atoms with E-state index in [-0.39, 0.29) is 17.7 Å². The smallest absolute Gasteiger partial charge is 0.227 e. The third kappa shape index (κ3) is 4.93. The fourth-order valence-corrected chi connectivity index (χ4v) is 3.59. The summed E-state index contributed by atoms with van der Waals surface area (Å²) in [5, 5.41) is 4.14. The van der Waals surface area contributed by atoms with Gasteiger partial charge in [0, 0.05) is 32.6 Å². The van der Waals surface area contributed by atoms with E-state index in [1.807, 2.05) is 10.3 Å². The minimum atomic E-state index is -0.0804. The van der Waals surface area contributed by atoms with Crippen molar-refractivity contribution in [3.05, 3.63) is 35.0 Å². The molecular weight excluding hydrogens is 308 g/mol. The van der Waals surface area contributed by atoms with Crippen LogP contribution >= 0.6 is 11.3 Å². The highest BCUT2D eigenvalue weighted by molar-refractivity contribution is 7.07. The van der Waals surface area contributed by atoms with Crippen LogP contribution in [0.2, 0.25) is 0 Å². The second kappa shape index (κ2) is 8.87. The number of hydrogen-bond acceptors (Lipinski definition) is 3. The lowest BCUT2D eigenvalue weighted by atomic mass is 9.95. The number of thiophene rings is 1. The fourth-order valence-electron chi connectivity index (χ4n) is 2.93. The van der Waals surface area contributed by atoms with Gasteiger partial charge >= 0.3 is 0 Å². The second-order valence-corrected chi connectivity index (χ2v) is 6.85. The Labute approximate surface area is 142 Å². The highest BCUT2D eigenvalue weighted by atomic mass is 32.1. The highest BCUT2D eigenvalue weighted by Gasteiger charge is 2.32. The van der Waals surface area contributed by atoms with Crippen molar-refractivity contribution in [2.45, 2.75) is 39.2 Å². The van der Waals surface area contributed by atoms with Crippen molar-refractivity contribution in [3.63, 3.8) is 0 Å². The predicted molar refractivity (Wildman–Crippen MR) is 94.1 cm³/mol. The molecule has 2 amide bonds. The first-order valence-electron chi connectivity index (χ1n) is 8.34. The average Bonchev–Trinajstić information content (AvgIpc) is 3.06. The molecule has 0 spiro atoms. The van der Waals surface area contributed by atoms with E-state index in [2.05, 4.69) is 24.9 Å². The Kier molecular flexibility index (Phi) is 6.84. The molecule has 0 saturated carbocycles. The molecule has 0 radical (unpaired) electrons. The molecule has 1 fully saturated rings. The molecular formula is C18H26N2O2S. The van der Waals surface area contributed by atoms with Gasteiger partial charge in [-0.3, -0.25) is 9.59 Å². The fraction of sp³-hybridized carbons (Fsp3) is 0.556. The van der Waals surface area contributed by atoms with E-state index in [9.17, 15) is 9.59 Å². The van der Waals surface area contributed by atoms with Gasteiger partial charge in [0.1, 0.15) is 0 Å². The number of amides is 2. The van der Waals surface area contributed by atoms with Gasteiger partial charge in [0.15, 0.2) is 0 Å². The standard InChI is InChI=1S/C18H26N2O2S/c1-3-5-10-20(12-15-8-11-23-14-15)18(22)16-6-7-17(21)19(13-16)9-4-2/h4,8,11,14,16H,2-3,5-7,9-10,12-13H2,1H3/t16-/m1/s1. The molecule has 1 atom stereocenters. The lowest BCUT2D eigenvalue weighted by Gasteiger charge is -2.34. The zero-order valence-corrected chi connectivity index (χ0v) is 14.7. The van der Waals surface area contributed by atoms with E-state index in [0.717, 1.165) is 19.4 Å². The van der Waals surface area contributed by atoms with E-state index in [4.69, 9.17) is 0 Å². The van der Waals surface area contributed by atoms with Crippen LogP contribution in [0.3, 0.4) is 0 Å². The zero-order chi connectivity index (χ0) is 16.7. The zero-order valence-electron chi connectivity index (χ0n) is 13.9. The largest absolute Gasteiger partial charge is 0.338 e. The van der Waals surface area contributed by atoms with Gasteiger partial charge < -0.3 is 9.80 Å². The molecule has 5 heteroatoms. The van der Waals surface area contributed by atoms with Crippen LogP contribution < -0.4 is 0 Å². The number of nitrogens with zero attached hydrogens (tertiary/aromatic N) is 2. The quantitative estimate of drug-likeness (QED) is 0.684. The number of hydrogen-bond donors (Lipinski definition) is 0. The number of likely N-dealkylation sites (tertiary alicyclic amines) is 1. The van der Waals surface area contributed by atoms with Crippen molar-refractivity contribution in [3.8, 4) is 0 Å². The van der Waals surface area contributed by atoms with Gasteiger partial charge in [-0.05, 0) is 35.2 Å². The summed E-state index contributed by atoms with van der Waals surface area (Å²) in [7, 11) is 0. The maximum Gasteiger partial charge on any atom is 0.227 e. The van der Waals surface area contributed by atoms with Crippen molar-refractivity contribution < 1.29 is 9.59 Å². The molecule has 0 aliphatic carbocycles. The number of carbonyl (C=O) groups excluding carboxylic acids is 2. The van der Waals surface area contributed by atoms with Crippen molar-refractivity contribution in [1.82, 2.24) is 9.80 Å². The normalized spacial score (nSPS) is 18.0. The summed E-state index contributed by atoms with van der Waals surface area (Å²) in [4.78, 5) is 28.6. The van der Waals surface area contributed by atoms with Gasteiger partial charge in [-0.15, -0.1) is 6.58 Å². The van der Waals surface area contributed by atoms with Crippen molar-refractivity contribution in [2.24, 2.45) is 5.92 Å². The monoisotopic (exact) mass is 334 g/mol. The molecule has 2 heterocycles. The average molecular weight is 334 g/mol. The van der Waals surface area contributed by atoms with Crippen LogP contribution in [0.15, 0.2) is 29.5 Å². The Morgan fingerprint density at radius 3 is 3.04 bits per heavy atom. The van der Waals surface area contributed by atoms with Crippen LogP contribution in [0, 0.1) is 5.92 Å². The minimum Gasteiger partial charge on any atom is -0.338 e. The Balaban J connectivity index is 2.03. The Bertz CT molecular complexity index is 527. The lowest BCUT2D eigenvalue weighted by Crippen LogP contribution is -2.47. The van der Waals surface area contributed by atoms with Crippen LogP contribution in [0.25, 0.3) is 0 Å². The Morgan fingerprint density at radius 2 is 2.39 bits per heavy atom. The van der Waals surface area contributed by atoms with Gasteiger partial charge in [0.25, 0.3) is 0 Å². The molecule has 0 aromatic carbocycles. The van der Waals surface area contributed by atoms with Crippen LogP contribution in [-0.4, -0.2) is 41.2 Å². The summed E-state index contributed by atoms with van der Waals surface area (Å²) in [6, 6.07) is 2.07. The molecule has 1 aromatic rings. The first kappa shape index (κ1) is 17.7. The van der Waals surface area contributed by atoms with Gasteiger partial charge in [0.05, 0.1) is 5.92 Å². The van der Waals surface area contributed by atoms with Crippen molar-refractivity contribution >= 4 is 23.2 Å². The maximum absolute atomic E-state index is 13.0.